The first kappa shape index (κ1) is 57.4. The predicted molar refractivity (Wildman–Crippen MR) is 285 cm³/mol. The van der Waals surface area contributed by atoms with Crippen molar-refractivity contribution >= 4 is 70.4 Å². The van der Waals surface area contributed by atoms with Gasteiger partial charge < -0.3 is 74.5 Å². The molecule has 0 saturated carbocycles. The van der Waals surface area contributed by atoms with Crippen LogP contribution in [0.3, 0.4) is 0 Å². The van der Waals surface area contributed by atoms with Crippen LogP contribution in [0.25, 0.3) is 10.9 Å². The number of nitrogens with two attached hydrogens (primary N) is 3. The molecule has 408 valence electrons. The first-order valence-electron chi connectivity index (χ1n) is 25.2. The molecule has 0 aliphatic carbocycles. The Kier molecular flexibility index (Phi) is 20.9. The molecule has 0 bridgehead atoms. The lowest BCUT2D eigenvalue weighted by atomic mass is 9.91. The molecule has 77 heavy (non-hydrogen) atoms. The van der Waals surface area contributed by atoms with Crippen LogP contribution in [0.5, 0.6) is 0 Å². The van der Waals surface area contributed by atoms with Crippen LogP contribution in [0.2, 0.25) is 0 Å². The molecule has 0 unspecified atom stereocenters. The zero-order valence-electron chi connectivity index (χ0n) is 42.6. The van der Waals surface area contributed by atoms with E-state index in [0.717, 1.165) is 10.9 Å². The van der Waals surface area contributed by atoms with Gasteiger partial charge >= 0.3 is 0 Å². The average molecular weight is 1060 g/mol. The molecule has 5 aromatic rings. The second kappa shape index (κ2) is 28.1. The zero-order chi connectivity index (χ0) is 55.3. The van der Waals surface area contributed by atoms with Gasteiger partial charge in [0.2, 0.25) is 47.3 Å². The molecule has 1 saturated heterocycles. The molecule has 3 aromatic carbocycles. The Bertz CT molecular complexity index is 2860. The normalized spacial score (nSPS) is 20.1. The van der Waals surface area contributed by atoms with Gasteiger partial charge in [-0.15, -0.1) is 0 Å². The maximum Gasteiger partial charge on any atom is 0.243 e. The number of H-pyrrole nitrogens is 2. The number of nitrogens with zero attached hydrogens (tertiary/aromatic N) is 2. The van der Waals surface area contributed by atoms with Crippen molar-refractivity contribution in [2.24, 2.45) is 22.2 Å². The highest BCUT2D eigenvalue weighted by molar-refractivity contribution is 5.98. The number of aromatic amines is 2. The molecule has 3 heterocycles. The van der Waals surface area contributed by atoms with Crippen molar-refractivity contribution in [1.29, 1.82) is 0 Å². The fourth-order valence-electron chi connectivity index (χ4n) is 8.82. The number of benzene rings is 3. The molecule has 16 N–H and O–H groups in total. The lowest BCUT2D eigenvalue weighted by molar-refractivity contribution is -0.135. The fourth-order valence-corrected chi connectivity index (χ4v) is 8.82. The van der Waals surface area contributed by atoms with E-state index in [-0.39, 0.29) is 83.4 Å². The van der Waals surface area contributed by atoms with Crippen LogP contribution >= 0.6 is 0 Å². The van der Waals surface area contributed by atoms with Crippen LogP contribution in [0, 0.1) is 0 Å². The summed E-state index contributed by atoms with van der Waals surface area (Å²) >= 11 is 0. The summed E-state index contributed by atoms with van der Waals surface area (Å²) in [6.45, 7) is 0.697. The quantitative estimate of drug-likeness (QED) is 0.0193. The molecule has 7 atom stereocenters. The Labute approximate surface area is 444 Å². The average Bonchev–Trinajstić information content (AvgIpc) is 4.11. The van der Waals surface area contributed by atoms with Crippen molar-refractivity contribution in [2.45, 2.75) is 107 Å². The molecule has 1 fully saturated rings. The van der Waals surface area contributed by atoms with Crippen LogP contribution in [0.4, 0.5) is 0 Å². The number of amides is 8. The number of hydrogen-bond donors (Lipinski definition) is 13. The van der Waals surface area contributed by atoms with E-state index in [2.05, 4.69) is 62.5 Å². The minimum Gasteiger partial charge on any atom is -0.370 e. The summed E-state index contributed by atoms with van der Waals surface area (Å²) in [4.78, 5) is 140. The van der Waals surface area contributed by atoms with Gasteiger partial charge in [0.05, 0.1) is 6.33 Å². The largest absolute Gasteiger partial charge is 0.370 e. The van der Waals surface area contributed by atoms with E-state index in [1.165, 1.54) is 19.4 Å². The van der Waals surface area contributed by atoms with Gasteiger partial charge in [-0.25, -0.2) is 4.98 Å². The van der Waals surface area contributed by atoms with Gasteiger partial charge in [0.15, 0.2) is 5.96 Å². The number of nitrogens with one attached hydrogen (secondary N) is 10. The second-order valence-electron chi connectivity index (χ2n) is 18.8. The predicted octanol–water partition coefficient (Wildman–Crippen LogP) is -1.54. The summed E-state index contributed by atoms with van der Waals surface area (Å²) in [5.74, 6) is -6.36. The number of hydrogen-bond acceptors (Lipinski definition) is 12. The first-order valence-corrected chi connectivity index (χ1v) is 25.2. The monoisotopic (exact) mass is 1060 g/mol. The van der Waals surface area contributed by atoms with Crippen molar-refractivity contribution in [2.75, 3.05) is 19.6 Å². The lowest BCUT2D eigenvalue weighted by Gasteiger charge is -2.31. The molecule has 6 rings (SSSR count). The van der Waals surface area contributed by atoms with E-state index in [4.69, 9.17) is 17.2 Å². The molecule has 8 amide bonds. The molecular weight excluding hydrogens is 991 g/mol. The smallest absolute Gasteiger partial charge is 0.243 e. The summed E-state index contributed by atoms with van der Waals surface area (Å²) < 4.78 is 0. The van der Waals surface area contributed by atoms with Gasteiger partial charge in [0.1, 0.15) is 48.1 Å². The third-order valence-electron chi connectivity index (χ3n) is 12.9. The SMILES string of the molecule is CC(=O)N[C@H](Cc1ccccc1)C(=O)N[C@H]1CCC(=O)NCC[C@@H](C(=O)N[C@@](C=O)(CN)Cc2c[nH]c3ccccc23)NC(=O)[C@H](CCCN=C(N)N)NC(=O)[C@@H](Cc2ccccc2)NC(=O)[C@H](Cc2cnc[nH]2)NC1=O. The number of guanidine groups is 1. The summed E-state index contributed by atoms with van der Waals surface area (Å²) in [6, 6.07) is 16.6. The molecule has 2 aromatic heterocycles. The van der Waals surface area contributed by atoms with Gasteiger partial charge in [-0.05, 0) is 48.4 Å². The number of para-hydroxylation sites is 1. The Morgan fingerprint density at radius 2 is 1.45 bits per heavy atom. The van der Waals surface area contributed by atoms with E-state index in [9.17, 15) is 43.2 Å². The third kappa shape index (κ3) is 17.3. The fraction of sp³-hybridized carbons (Fsp3) is 0.377. The van der Waals surface area contributed by atoms with Crippen LogP contribution in [-0.2, 0) is 68.8 Å². The summed E-state index contributed by atoms with van der Waals surface area (Å²) in [5, 5.41) is 22.5. The number of carbonyl (C=O) groups excluding carboxylic acids is 9. The minimum atomic E-state index is -1.67. The zero-order valence-corrected chi connectivity index (χ0v) is 42.6. The summed E-state index contributed by atoms with van der Waals surface area (Å²) in [5.41, 5.74) is 18.9. The molecule has 0 radical (unpaired) electrons. The third-order valence-corrected chi connectivity index (χ3v) is 12.9. The Morgan fingerprint density at radius 1 is 0.805 bits per heavy atom. The topological polar surface area (TPSA) is 385 Å². The number of aromatic nitrogens is 3. The second-order valence-corrected chi connectivity index (χ2v) is 18.8. The lowest BCUT2D eigenvalue weighted by Crippen LogP contribution is -2.63. The molecule has 1 aliphatic rings. The number of carbonyl (C=O) groups is 9. The summed E-state index contributed by atoms with van der Waals surface area (Å²) in [7, 11) is 0. The molecule has 24 heteroatoms. The molecule has 24 nitrogen and oxygen atoms in total. The minimum absolute atomic E-state index is 0.0377. The van der Waals surface area contributed by atoms with Gasteiger partial charge in [-0.1, -0.05) is 78.9 Å². The van der Waals surface area contributed by atoms with E-state index < -0.39 is 89.0 Å². The van der Waals surface area contributed by atoms with Gasteiger partial charge in [0, 0.05) is 87.7 Å². The highest BCUT2D eigenvalue weighted by Gasteiger charge is 2.37. The Balaban J connectivity index is 1.36. The van der Waals surface area contributed by atoms with E-state index in [1.807, 2.05) is 24.3 Å². The van der Waals surface area contributed by atoms with Crippen LogP contribution in [0.15, 0.2) is 109 Å². The highest BCUT2D eigenvalue weighted by Crippen LogP contribution is 2.22. The molecule has 0 spiro atoms. The maximum absolute atomic E-state index is 14.7. The van der Waals surface area contributed by atoms with Crippen molar-refractivity contribution in [3.05, 3.63) is 126 Å². The van der Waals surface area contributed by atoms with Crippen molar-refractivity contribution in [1.82, 2.24) is 57.5 Å². The van der Waals surface area contributed by atoms with Gasteiger partial charge in [-0.2, -0.15) is 0 Å². The maximum atomic E-state index is 14.7. The van der Waals surface area contributed by atoms with Crippen molar-refractivity contribution < 1.29 is 43.2 Å². The molecular formula is C53H67N15O9. The first-order chi connectivity index (χ1) is 37.0. The van der Waals surface area contributed by atoms with E-state index in [1.54, 1.807) is 66.9 Å². The van der Waals surface area contributed by atoms with E-state index in [0.29, 0.717) is 28.7 Å². The number of imidazole rings is 1. The number of aliphatic imine (C=N–C) groups is 1. The standard InChI is InChI=1S/C53H67N15O9/c1-32(70)62-42(23-33-11-4-2-5-12-33)48(74)64-40-18-19-45(71)58-22-20-41(51(77)68-53(29-54,30-69)26-35-27-60-38-16-9-8-15-37(35)38)65-46(72)39(17-10-21-59-52(55)56)63-49(75)43(24-34-13-6-3-7-14-34)66-50(76)44(67-47(40)73)25-36-28-57-31-61-36/h2-9,11-16,27-28,30-31,39-44,60H,10,17-26,29,54H2,1H3,(H,57,61)(H,58,71)(H,62,70)(H,63,75)(H,64,74)(H,65,72)(H,66,76)(H,67,73)(H,68,77)(H4,55,56,59)/t39-,40-,41-,42+,43+,44-,53+/m0/s1. The van der Waals surface area contributed by atoms with Crippen LogP contribution in [0.1, 0.15) is 61.4 Å². The number of fused-ring (bicyclic) bond motifs is 1. The van der Waals surface area contributed by atoms with Gasteiger partial charge in [0.25, 0.3) is 0 Å². The number of rotatable bonds is 19. The van der Waals surface area contributed by atoms with Gasteiger partial charge in [-0.3, -0.25) is 43.3 Å². The highest BCUT2D eigenvalue weighted by atomic mass is 16.2. The van der Waals surface area contributed by atoms with Crippen molar-refractivity contribution in [3.63, 3.8) is 0 Å². The Hall–Kier alpha value is -8.93. The Morgan fingerprint density at radius 3 is 2.12 bits per heavy atom. The van der Waals surface area contributed by atoms with E-state index >= 15 is 0 Å². The van der Waals surface area contributed by atoms with Crippen LogP contribution < -0.4 is 59.7 Å². The summed E-state index contributed by atoms with van der Waals surface area (Å²) in [6.07, 6.45) is 3.86. The van der Waals surface area contributed by atoms with Crippen molar-refractivity contribution in [3.8, 4) is 0 Å². The molecule has 1 aliphatic heterocycles. The number of aldehydes is 1. The van der Waals surface area contributed by atoms with Crippen LogP contribution in [-0.4, -0.2) is 136 Å².